The summed E-state index contributed by atoms with van der Waals surface area (Å²) in [4.78, 5) is 12.5. The van der Waals surface area contributed by atoms with E-state index in [0.717, 1.165) is 11.1 Å². The van der Waals surface area contributed by atoms with E-state index in [4.69, 9.17) is 11.6 Å². The normalized spacial score (nSPS) is 12.3. The second-order valence-corrected chi connectivity index (χ2v) is 9.30. The van der Waals surface area contributed by atoms with E-state index in [9.17, 15) is 17.6 Å². The molecule has 3 aromatic carbocycles. The van der Waals surface area contributed by atoms with Crippen molar-refractivity contribution in [3.05, 3.63) is 93.8 Å². The molecule has 0 bridgehead atoms. The number of anilines is 1. The third-order valence-electron chi connectivity index (χ3n) is 5.05. The molecule has 3 aromatic rings. The summed E-state index contributed by atoms with van der Waals surface area (Å²) in [7, 11) is -4.03. The molecule has 0 aromatic heterocycles. The van der Waals surface area contributed by atoms with Gasteiger partial charge in [-0.25, -0.2) is 12.8 Å². The van der Waals surface area contributed by atoms with Crippen LogP contribution in [0.3, 0.4) is 0 Å². The summed E-state index contributed by atoms with van der Waals surface area (Å²) in [5, 5.41) is 2.78. The van der Waals surface area contributed by atoms with Crippen LogP contribution in [0.1, 0.15) is 40.0 Å². The standard InChI is InChI=1S/C23H22ClFN2O3S/c1-14-5-4-6-21(15(14)2)27-31(29,30)22-13-18(9-12-20(22)24)23(28)26-16(3)17-7-10-19(25)11-8-17/h4-13,16,27H,1-3H3,(H,26,28)/t16-/m0/s1. The molecule has 0 spiro atoms. The van der Waals surface area contributed by atoms with Gasteiger partial charge in [0, 0.05) is 5.56 Å². The van der Waals surface area contributed by atoms with Gasteiger partial charge in [-0.1, -0.05) is 35.9 Å². The number of halogens is 2. The number of carbonyl (C=O) groups excluding carboxylic acids is 1. The SMILES string of the molecule is Cc1cccc(NS(=O)(=O)c2cc(C(=O)N[C@@H](C)c3ccc(F)cc3)ccc2Cl)c1C. The van der Waals surface area contributed by atoms with Crippen LogP contribution in [-0.4, -0.2) is 14.3 Å². The minimum Gasteiger partial charge on any atom is -0.346 e. The lowest BCUT2D eigenvalue weighted by Crippen LogP contribution is -2.27. The zero-order valence-electron chi connectivity index (χ0n) is 17.2. The molecule has 31 heavy (non-hydrogen) atoms. The lowest BCUT2D eigenvalue weighted by molar-refractivity contribution is 0.0939. The number of rotatable bonds is 6. The molecule has 0 unspecified atom stereocenters. The number of hydrogen-bond donors (Lipinski definition) is 2. The molecule has 5 nitrogen and oxygen atoms in total. The minimum atomic E-state index is -4.03. The monoisotopic (exact) mass is 460 g/mol. The summed E-state index contributed by atoms with van der Waals surface area (Å²) in [5.74, 6) is -0.845. The Morgan fingerprint density at radius 3 is 2.39 bits per heavy atom. The van der Waals surface area contributed by atoms with E-state index >= 15 is 0 Å². The minimum absolute atomic E-state index is 0.000870. The molecule has 0 aliphatic heterocycles. The first-order chi connectivity index (χ1) is 14.6. The van der Waals surface area contributed by atoms with Crippen molar-refractivity contribution in [1.82, 2.24) is 5.32 Å². The van der Waals surface area contributed by atoms with Gasteiger partial charge < -0.3 is 5.32 Å². The molecule has 1 atom stereocenters. The maximum Gasteiger partial charge on any atom is 0.263 e. The lowest BCUT2D eigenvalue weighted by atomic mass is 10.1. The number of nitrogens with one attached hydrogen (secondary N) is 2. The van der Waals surface area contributed by atoms with Gasteiger partial charge in [-0.3, -0.25) is 9.52 Å². The lowest BCUT2D eigenvalue weighted by Gasteiger charge is -2.16. The summed E-state index contributed by atoms with van der Waals surface area (Å²) in [5.41, 5.74) is 3.03. The highest BCUT2D eigenvalue weighted by Crippen LogP contribution is 2.27. The molecule has 8 heteroatoms. The Hall–Kier alpha value is -2.90. The zero-order chi connectivity index (χ0) is 22.8. The molecule has 1 amide bonds. The molecule has 3 rings (SSSR count). The first-order valence-corrected chi connectivity index (χ1v) is 11.4. The Bertz CT molecular complexity index is 1230. The van der Waals surface area contributed by atoms with Crippen molar-refractivity contribution in [2.45, 2.75) is 31.7 Å². The van der Waals surface area contributed by atoms with Gasteiger partial charge in [-0.05, 0) is 73.9 Å². The maximum absolute atomic E-state index is 13.1. The topological polar surface area (TPSA) is 75.3 Å². The van der Waals surface area contributed by atoms with Crippen molar-refractivity contribution in [3.8, 4) is 0 Å². The quantitative estimate of drug-likeness (QED) is 0.518. The Labute approximate surface area is 186 Å². The molecule has 0 aliphatic carbocycles. The van der Waals surface area contributed by atoms with E-state index in [-0.39, 0.29) is 21.3 Å². The van der Waals surface area contributed by atoms with Gasteiger partial charge >= 0.3 is 0 Å². The van der Waals surface area contributed by atoms with Crippen LogP contribution in [0.15, 0.2) is 65.6 Å². The molecule has 162 valence electrons. The van der Waals surface area contributed by atoms with E-state index in [1.807, 2.05) is 19.9 Å². The van der Waals surface area contributed by atoms with Crippen molar-refractivity contribution < 1.29 is 17.6 Å². The summed E-state index contributed by atoms with van der Waals surface area (Å²) in [6.07, 6.45) is 0. The summed E-state index contributed by atoms with van der Waals surface area (Å²) in [6, 6.07) is 14.7. The number of carbonyl (C=O) groups is 1. The Balaban J connectivity index is 1.85. The molecule has 0 fully saturated rings. The van der Waals surface area contributed by atoms with Crippen LogP contribution in [-0.2, 0) is 10.0 Å². The number of sulfonamides is 1. The Morgan fingerprint density at radius 2 is 1.71 bits per heavy atom. The van der Waals surface area contributed by atoms with E-state index in [0.29, 0.717) is 11.3 Å². The van der Waals surface area contributed by atoms with Gasteiger partial charge in [0.15, 0.2) is 0 Å². The van der Waals surface area contributed by atoms with Crippen LogP contribution >= 0.6 is 11.6 Å². The average Bonchev–Trinajstić information content (AvgIpc) is 2.72. The van der Waals surface area contributed by atoms with Crippen LogP contribution in [0.4, 0.5) is 10.1 Å². The van der Waals surface area contributed by atoms with Crippen LogP contribution in [0.5, 0.6) is 0 Å². The van der Waals surface area contributed by atoms with E-state index in [1.165, 1.54) is 30.3 Å². The molecule has 0 saturated carbocycles. The fourth-order valence-electron chi connectivity index (χ4n) is 3.03. The van der Waals surface area contributed by atoms with Gasteiger partial charge in [0.05, 0.1) is 16.8 Å². The number of hydrogen-bond acceptors (Lipinski definition) is 3. The van der Waals surface area contributed by atoms with Crippen molar-refractivity contribution >= 4 is 33.2 Å². The van der Waals surface area contributed by atoms with Crippen molar-refractivity contribution in [3.63, 3.8) is 0 Å². The third kappa shape index (κ3) is 5.24. The van der Waals surface area contributed by atoms with E-state index < -0.39 is 22.0 Å². The maximum atomic E-state index is 13.1. The molecule has 2 N–H and O–H groups in total. The van der Waals surface area contributed by atoms with Crippen LogP contribution in [0.25, 0.3) is 0 Å². The zero-order valence-corrected chi connectivity index (χ0v) is 18.8. The molecule has 0 heterocycles. The van der Waals surface area contributed by atoms with Gasteiger partial charge in [-0.15, -0.1) is 0 Å². The predicted molar refractivity (Wildman–Crippen MR) is 120 cm³/mol. The third-order valence-corrected chi connectivity index (χ3v) is 6.90. The van der Waals surface area contributed by atoms with Crippen molar-refractivity contribution in [2.24, 2.45) is 0 Å². The van der Waals surface area contributed by atoms with Crippen LogP contribution in [0, 0.1) is 19.7 Å². The number of aryl methyl sites for hydroxylation is 1. The summed E-state index contributed by atoms with van der Waals surface area (Å²) < 4.78 is 41.6. The van der Waals surface area contributed by atoms with Crippen molar-refractivity contribution in [2.75, 3.05) is 4.72 Å². The van der Waals surface area contributed by atoms with Crippen LogP contribution in [0.2, 0.25) is 5.02 Å². The highest BCUT2D eigenvalue weighted by atomic mass is 35.5. The highest BCUT2D eigenvalue weighted by Gasteiger charge is 2.22. The molecular weight excluding hydrogens is 439 g/mol. The molecule has 0 aliphatic rings. The second kappa shape index (κ2) is 9.08. The Morgan fingerprint density at radius 1 is 1.03 bits per heavy atom. The second-order valence-electron chi connectivity index (χ2n) is 7.24. The first kappa shape index (κ1) is 22.8. The highest BCUT2D eigenvalue weighted by molar-refractivity contribution is 7.92. The average molecular weight is 461 g/mol. The van der Waals surface area contributed by atoms with Gasteiger partial charge in [0.25, 0.3) is 15.9 Å². The molecular formula is C23H22ClFN2O3S. The number of amides is 1. The smallest absolute Gasteiger partial charge is 0.263 e. The van der Waals surface area contributed by atoms with E-state index in [2.05, 4.69) is 10.0 Å². The Kier molecular flexibility index (Phi) is 6.67. The summed E-state index contributed by atoms with van der Waals surface area (Å²) >= 11 is 6.15. The number of benzene rings is 3. The van der Waals surface area contributed by atoms with Crippen molar-refractivity contribution in [1.29, 1.82) is 0 Å². The fraction of sp³-hybridized carbons (Fsp3) is 0.174. The summed E-state index contributed by atoms with van der Waals surface area (Å²) in [6.45, 7) is 5.45. The van der Waals surface area contributed by atoms with E-state index in [1.54, 1.807) is 31.2 Å². The fourth-order valence-corrected chi connectivity index (χ4v) is 4.68. The van der Waals surface area contributed by atoms with Gasteiger partial charge in [-0.2, -0.15) is 0 Å². The first-order valence-electron chi connectivity index (χ1n) is 9.53. The van der Waals surface area contributed by atoms with Crippen LogP contribution < -0.4 is 10.0 Å². The van der Waals surface area contributed by atoms with Gasteiger partial charge in [0.1, 0.15) is 10.7 Å². The molecule has 0 radical (unpaired) electrons. The molecule has 0 saturated heterocycles. The predicted octanol–water partition coefficient (Wildman–Crippen LogP) is 5.39. The largest absolute Gasteiger partial charge is 0.346 e. The van der Waals surface area contributed by atoms with Gasteiger partial charge in [0.2, 0.25) is 0 Å².